The molecule has 6 nitrogen and oxygen atoms in total. The van der Waals surface area contributed by atoms with Crippen molar-refractivity contribution in [3.05, 3.63) is 70.4 Å². The molecule has 1 heterocycles. The Bertz CT molecular complexity index is 1460. The van der Waals surface area contributed by atoms with Crippen LogP contribution in [0.4, 0.5) is 32.2 Å². The third kappa shape index (κ3) is 9.07. The molecule has 0 spiro atoms. The molecule has 2 aromatic rings. The number of alkyl halides is 6. The normalized spacial score (nSPS) is 18.3. The van der Waals surface area contributed by atoms with Crippen LogP contribution in [-0.2, 0) is 37.3 Å². The monoisotopic (exact) mass is 662 g/mol. The summed E-state index contributed by atoms with van der Waals surface area (Å²) in [6.45, 7) is 11.4. The van der Waals surface area contributed by atoms with Crippen LogP contribution in [0.3, 0.4) is 0 Å². The second-order valence-corrected chi connectivity index (χ2v) is 13.9. The van der Waals surface area contributed by atoms with Crippen LogP contribution in [0.1, 0.15) is 92.8 Å². The SMILES string of the molecule is C=C/C=N/N(C)/N=C(\C)N(Cc1cc(C(F)(F)F)cc(C(F)(F)F)c1)Cc1cc2c(nc1N(CC1CC1)CC1CC1)C(C)(C)CCC2. The van der Waals surface area contributed by atoms with Gasteiger partial charge in [-0.3, -0.25) is 0 Å². The molecular weight excluding hydrogens is 618 g/mol. The summed E-state index contributed by atoms with van der Waals surface area (Å²) >= 11 is 0. The predicted octanol–water partition coefficient (Wildman–Crippen LogP) is 8.80. The first kappa shape index (κ1) is 34.8. The van der Waals surface area contributed by atoms with Crippen molar-refractivity contribution < 1.29 is 26.3 Å². The van der Waals surface area contributed by atoms with Crippen molar-refractivity contribution in [2.75, 3.05) is 25.0 Å². The number of rotatable bonds is 12. The molecule has 3 aliphatic carbocycles. The van der Waals surface area contributed by atoms with Crippen LogP contribution >= 0.6 is 0 Å². The van der Waals surface area contributed by atoms with Gasteiger partial charge in [-0.05, 0) is 105 Å². The van der Waals surface area contributed by atoms with Gasteiger partial charge < -0.3 is 9.80 Å². The van der Waals surface area contributed by atoms with Gasteiger partial charge in [-0.2, -0.15) is 36.6 Å². The van der Waals surface area contributed by atoms with E-state index in [-0.39, 0.29) is 30.1 Å². The third-order valence-electron chi connectivity index (χ3n) is 9.17. The number of allylic oxidation sites excluding steroid dienone is 1. The summed E-state index contributed by atoms with van der Waals surface area (Å²) in [6.07, 6.45) is 0.567. The van der Waals surface area contributed by atoms with Crippen LogP contribution in [-0.4, -0.2) is 47.2 Å². The minimum atomic E-state index is -4.95. The molecule has 2 fully saturated rings. The summed E-state index contributed by atoms with van der Waals surface area (Å²) in [7, 11) is 1.59. The molecule has 0 saturated heterocycles. The molecule has 12 heteroatoms. The molecule has 47 heavy (non-hydrogen) atoms. The van der Waals surface area contributed by atoms with E-state index in [2.05, 4.69) is 41.6 Å². The highest BCUT2D eigenvalue weighted by molar-refractivity contribution is 5.80. The van der Waals surface area contributed by atoms with Crippen molar-refractivity contribution in [2.45, 2.75) is 96.6 Å². The highest BCUT2D eigenvalue weighted by Gasteiger charge is 2.38. The van der Waals surface area contributed by atoms with E-state index in [1.807, 2.05) is 0 Å². The van der Waals surface area contributed by atoms with E-state index in [4.69, 9.17) is 4.98 Å². The van der Waals surface area contributed by atoms with E-state index >= 15 is 0 Å². The van der Waals surface area contributed by atoms with Gasteiger partial charge in [-0.15, -0.1) is 5.10 Å². The molecule has 5 rings (SSSR count). The molecule has 0 unspecified atom stereocenters. The number of halogens is 6. The van der Waals surface area contributed by atoms with Crippen LogP contribution in [0.5, 0.6) is 0 Å². The molecule has 0 bridgehead atoms. The summed E-state index contributed by atoms with van der Waals surface area (Å²) in [5.74, 6) is 2.41. The Morgan fingerprint density at radius 1 is 0.957 bits per heavy atom. The van der Waals surface area contributed by atoms with E-state index < -0.39 is 23.5 Å². The van der Waals surface area contributed by atoms with Crippen LogP contribution in [0, 0.1) is 11.8 Å². The van der Waals surface area contributed by atoms with Gasteiger partial charge >= 0.3 is 12.4 Å². The lowest BCUT2D eigenvalue weighted by molar-refractivity contribution is -0.143. The Morgan fingerprint density at radius 2 is 1.55 bits per heavy atom. The third-order valence-corrected chi connectivity index (χ3v) is 9.17. The summed E-state index contributed by atoms with van der Waals surface area (Å²) in [6, 6.07) is 3.90. The molecule has 2 saturated carbocycles. The first-order valence-corrected chi connectivity index (χ1v) is 16.3. The maximum absolute atomic E-state index is 13.8. The van der Waals surface area contributed by atoms with Crippen molar-refractivity contribution in [1.29, 1.82) is 0 Å². The molecular formula is C35H44F6N6. The van der Waals surface area contributed by atoms with E-state index in [1.54, 1.807) is 18.9 Å². The lowest BCUT2D eigenvalue weighted by Gasteiger charge is -2.36. The van der Waals surface area contributed by atoms with Crippen LogP contribution in [0.15, 0.2) is 47.1 Å². The van der Waals surface area contributed by atoms with Gasteiger partial charge in [-0.1, -0.05) is 20.4 Å². The second kappa shape index (κ2) is 13.5. The Hall–Kier alpha value is -3.57. The van der Waals surface area contributed by atoms with E-state index in [0.29, 0.717) is 17.7 Å². The standard InChI is InChI=1S/C35H44F6N6/c1-6-14-42-45(5)44-23(2)46(21-26-15-29(34(36,37)38)18-30(16-26)35(39,40)41)22-28-17-27-8-7-13-33(3,4)31(27)43-32(28)47(19-24-9-10-24)20-25-11-12-25/h6,14-18,24-25H,1,7-13,19-22H2,2-5H3/b42-14+,44-23+. The van der Waals surface area contributed by atoms with Crippen molar-refractivity contribution in [2.24, 2.45) is 22.0 Å². The highest BCUT2D eigenvalue weighted by atomic mass is 19.4. The molecule has 0 radical (unpaired) electrons. The van der Waals surface area contributed by atoms with Gasteiger partial charge in [0, 0.05) is 50.4 Å². The first-order valence-electron chi connectivity index (χ1n) is 16.3. The number of hydrazone groups is 2. The van der Waals surface area contributed by atoms with E-state index in [1.165, 1.54) is 43.1 Å². The lowest BCUT2D eigenvalue weighted by Crippen LogP contribution is -2.35. The van der Waals surface area contributed by atoms with Crippen molar-refractivity contribution >= 4 is 17.9 Å². The van der Waals surface area contributed by atoms with Crippen LogP contribution < -0.4 is 4.90 Å². The molecule has 1 aromatic carbocycles. The number of hydrogen-bond acceptors (Lipinski definition) is 5. The zero-order valence-corrected chi connectivity index (χ0v) is 27.6. The van der Waals surface area contributed by atoms with Crippen molar-refractivity contribution in [3.63, 3.8) is 0 Å². The number of aryl methyl sites for hydroxylation is 1. The Balaban J connectivity index is 1.61. The first-order chi connectivity index (χ1) is 22.0. The van der Waals surface area contributed by atoms with Gasteiger partial charge in [0.1, 0.15) is 11.7 Å². The minimum absolute atomic E-state index is 0.110. The Kier molecular flexibility index (Phi) is 9.99. The number of anilines is 1. The molecule has 256 valence electrons. The van der Waals surface area contributed by atoms with Gasteiger partial charge in [0.15, 0.2) is 0 Å². The molecule has 3 aliphatic rings. The summed E-state index contributed by atoms with van der Waals surface area (Å²) in [5.41, 5.74) is 0.172. The predicted molar refractivity (Wildman–Crippen MR) is 173 cm³/mol. The average molecular weight is 663 g/mol. The lowest BCUT2D eigenvalue weighted by atomic mass is 9.75. The largest absolute Gasteiger partial charge is 0.416 e. The minimum Gasteiger partial charge on any atom is -0.356 e. The maximum atomic E-state index is 13.8. The van der Waals surface area contributed by atoms with E-state index in [0.717, 1.165) is 67.1 Å². The number of aromatic nitrogens is 1. The molecule has 1 aromatic heterocycles. The number of nitrogens with zero attached hydrogens (tertiary/aromatic N) is 6. The topological polar surface area (TPSA) is 47.3 Å². The molecule has 0 aliphatic heterocycles. The van der Waals surface area contributed by atoms with Gasteiger partial charge in [0.2, 0.25) is 0 Å². The number of fused-ring (bicyclic) bond motifs is 1. The zero-order chi connectivity index (χ0) is 34.1. The molecule has 0 N–H and O–H groups in total. The fraction of sp³-hybridized carbons (Fsp3) is 0.571. The van der Waals surface area contributed by atoms with Crippen LogP contribution in [0.2, 0.25) is 0 Å². The van der Waals surface area contributed by atoms with Gasteiger partial charge in [0.25, 0.3) is 0 Å². The van der Waals surface area contributed by atoms with E-state index in [9.17, 15) is 26.3 Å². The Labute approximate surface area is 273 Å². The highest BCUT2D eigenvalue weighted by Crippen LogP contribution is 2.42. The van der Waals surface area contributed by atoms with Crippen molar-refractivity contribution in [1.82, 2.24) is 15.0 Å². The van der Waals surface area contributed by atoms with Gasteiger partial charge in [-0.25, -0.2) is 4.98 Å². The summed E-state index contributed by atoms with van der Waals surface area (Å²) in [5, 5.41) is 9.92. The smallest absolute Gasteiger partial charge is 0.356 e. The zero-order valence-electron chi connectivity index (χ0n) is 27.6. The fourth-order valence-corrected chi connectivity index (χ4v) is 6.33. The fourth-order valence-electron chi connectivity index (χ4n) is 6.33. The summed E-state index contributed by atoms with van der Waals surface area (Å²) in [4.78, 5) is 9.45. The quantitative estimate of drug-likeness (QED) is 0.0987. The van der Waals surface area contributed by atoms with Crippen LogP contribution in [0.25, 0.3) is 0 Å². The number of hydrogen-bond donors (Lipinski definition) is 0. The molecule has 0 amide bonds. The number of amidine groups is 1. The average Bonchev–Trinajstić information content (AvgIpc) is 3.91. The maximum Gasteiger partial charge on any atom is 0.416 e. The Morgan fingerprint density at radius 3 is 2.09 bits per heavy atom. The van der Waals surface area contributed by atoms with Gasteiger partial charge in [0.05, 0.1) is 16.8 Å². The number of benzene rings is 1. The summed E-state index contributed by atoms with van der Waals surface area (Å²) < 4.78 is 82.8. The number of pyridine rings is 1. The second-order valence-electron chi connectivity index (χ2n) is 13.9. The molecule has 0 atom stereocenters. The van der Waals surface area contributed by atoms with Crippen molar-refractivity contribution in [3.8, 4) is 0 Å².